The molecule has 0 bridgehead atoms. The maximum Gasteiger partial charge on any atom is 0.587 e. The molecule has 2 atom stereocenters. The molecule has 0 radical (unpaired) electrons. The van der Waals surface area contributed by atoms with Crippen molar-refractivity contribution in [3.05, 3.63) is 60.7 Å². The highest BCUT2D eigenvalue weighted by molar-refractivity contribution is 9.09. The highest BCUT2D eigenvalue weighted by Crippen LogP contribution is 2.49. The smallest absolute Gasteiger partial charge is 0.395 e. The van der Waals surface area contributed by atoms with Gasteiger partial charge in [-0.3, -0.25) is 4.52 Å². The standard InChI is InChI=1S/C23H30BrO5P/c24-22-16-8-3-9-17-23(22)26-18-10-11-19-27-30(25,28-20-12-4-1-5-13-20)29-21-14-6-2-7-15-21/h1-2,4-7,12-15,22-23H,3,8-11,16-19H2. The Morgan fingerprint density at radius 1 is 0.800 bits per heavy atom. The molecule has 0 amide bonds. The van der Waals surface area contributed by atoms with Gasteiger partial charge in [0, 0.05) is 11.4 Å². The van der Waals surface area contributed by atoms with Crippen LogP contribution in [-0.2, 0) is 13.8 Å². The number of unbranched alkanes of at least 4 members (excludes halogenated alkanes) is 1. The van der Waals surface area contributed by atoms with Gasteiger partial charge >= 0.3 is 7.82 Å². The van der Waals surface area contributed by atoms with Crippen molar-refractivity contribution < 1.29 is 22.9 Å². The number of hydrogen-bond donors (Lipinski definition) is 0. The number of para-hydroxylation sites is 2. The lowest BCUT2D eigenvalue weighted by Gasteiger charge is -2.21. The minimum atomic E-state index is -3.80. The molecule has 0 aromatic heterocycles. The van der Waals surface area contributed by atoms with E-state index in [1.54, 1.807) is 24.3 Å². The van der Waals surface area contributed by atoms with Gasteiger partial charge in [-0.25, -0.2) is 4.57 Å². The van der Waals surface area contributed by atoms with E-state index in [4.69, 9.17) is 18.3 Å². The van der Waals surface area contributed by atoms with Gasteiger partial charge in [-0.1, -0.05) is 71.6 Å². The predicted molar refractivity (Wildman–Crippen MR) is 122 cm³/mol. The van der Waals surface area contributed by atoms with Crippen LogP contribution in [0.15, 0.2) is 60.7 Å². The average molecular weight is 497 g/mol. The van der Waals surface area contributed by atoms with Gasteiger partial charge in [-0.2, -0.15) is 0 Å². The third-order valence-electron chi connectivity index (χ3n) is 4.91. The fourth-order valence-corrected chi connectivity index (χ4v) is 5.32. The quantitative estimate of drug-likeness (QED) is 0.143. The summed E-state index contributed by atoms with van der Waals surface area (Å²) < 4.78 is 36.1. The van der Waals surface area contributed by atoms with E-state index in [-0.39, 0.29) is 12.7 Å². The topological polar surface area (TPSA) is 54.0 Å². The molecule has 2 aromatic carbocycles. The van der Waals surface area contributed by atoms with Crippen molar-refractivity contribution in [1.29, 1.82) is 0 Å². The summed E-state index contributed by atoms with van der Waals surface area (Å²) in [6, 6.07) is 17.9. The van der Waals surface area contributed by atoms with Crippen LogP contribution in [0.25, 0.3) is 0 Å². The number of alkyl halides is 1. The number of halogens is 1. The number of rotatable bonds is 11. The van der Waals surface area contributed by atoms with Crippen molar-refractivity contribution in [3.8, 4) is 11.5 Å². The number of phosphoric ester groups is 1. The summed E-state index contributed by atoms with van der Waals surface area (Å²) in [7, 11) is -3.80. The lowest BCUT2D eigenvalue weighted by molar-refractivity contribution is 0.0440. The van der Waals surface area contributed by atoms with Gasteiger partial charge in [0.15, 0.2) is 0 Å². The fourth-order valence-electron chi connectivity index (χ4n) is 3.32. The van der Waals surface area contributed by atoms with Gasteiger partial charge in [0.2, 0.25) is 0 Å². The molecule has 1 aliphatic rings. The fraction of sp³-hybridized carbons (Fsp3) is 0.478. The van der Waals surface area contributed by atoms with Crippen molar-refractivity contribution in [3.63, 3.8) is 0 Å². The average Bonchev–Trinajstić information content (AvgIpc) is 2.96. The summed E-state index contributed by atoms with van der Waals surface area (Å²) in [5, 5.41) is 0. The summed E-state index contributed by atoms with van der Waals surface area (Å²) in [6.45, 7) is 0.933. The molecule has 0 heterocycles. The highest BCUT2D eigenvalue weighted by Gasteiger charge is 2.30. The lowest BCUT2D eigenvalue weighted by atomic mass is 10.1. The van der Waals surface area contributed by atoms with Crippen LogP contribution in [0.1, 0.15) is 44.9 Å². The zero-order valence-electron chi connectivity index (χ0n) is 17.2. The Morgan fingerprint density at radius 2 is 1.37 bits per heavy atom. The van der Waals surface area contributed by atoms with Gasteiger partial charge in [-0.15, -0.1) is 0 Å². The van der Waals surface area contributed by atoms with Gasteiger partial charge in [0.25, 0.3) is 0 Å². The van der Waals surface area contributed by atoms with Crippen LogP contribution in [0.2, 0.25) is 0 Å². The number of hydrogen-bond acceptors (Lipinski definition) is 5. The molecule has 30 heavy (non-hydrogen) atoms. The molecule has 1 saturated carbocycles. The Balaban J connectivity index is 1.46. The summed E-state index contributed by atoms with van der Waals surface area (Å²) in [4.78, 5) is 0.440. The van der Waals surface area contributed by atoms with E-state index in [0.29, 0.717) is 29.4 Å². The zero-order valence-corrected chi connectivity index (χ0v) is 19.6. The molecule has 3 rings (SSSR count). The summed E-state index contributed by atoms with van der Waals surface area (Å²) in [5.41, 5.74) is 0. The molecule has 5 nitrogen and oxygen atoms in total. The Bertz CT molecular complexity index is 728. The molecular formula is C23H30BrO5P. The first-order chi connectivity index (χ1) is 14.6. The monoisotopic (exact) mass is 496 g/mol. The van der Waals surface area contributed by atoms with Gasteiger partial charge in [-0.05, 0) is 49.9 Å². The summed E-state index contributed by atoms with van der Waals surface area (Å²) in [5.74, 6) is 0.883. The zero-order chi connectivity index (χ0) is 21.1. The summed E-state index contributed by atoms with van der Waals surface area (Å²) in [6.07, 6.45) is 7.87. The first-order valence-electron chi connectivity index (χ1n) is 10.6. The molecule has 0 aliphatic heterocycles. The SMILES string of the molecule is O=P(OCCCCOC1CCCCCC1Br)(Oc1ccccc1)Oc1ccccc1. The molecular weight excluding hydrogens is 467 g/mol. The van der Waals surface area contributed by atoms with Crippen LogP contribution in [-0.4, -0.2) is 24.1 Å². The Kier molecular flexibility index (Phi) is 9.73. The van der Waals surface area contributed by atoms with E-state index in [2.05, 4.69) is 15.9 Å². The first-order valence-corrected chi connectivity index (χ1v) is 13.0. The third-order valence-corrected chi connectivity index (χ3v) is 7.33. The summed E-state index contributed by atoms with van der Waals surface area (Å²) >= 11 is 3.76. The Hall–Kier alpha value is -1.33. The highest BCUT2D eigenvalue weighted by atomic mass is 79.9. The molecule has 164 valence electrons. The third kappa shape index (κ3) is 8.07. The normalized spacial score (nSPS) is 19.8. The minimum absolute atomic E-state index is 0.267. The van der Waals surface area contributed by atoms with E-state index >= 15 is 0 Å². The lowest BCUT2D eigenvalue weighted by Crippen LogP contribution is -2.23. The minimum Gasteiger partial charge on any atom is -0.395 e. The van der Waals surface area contributed by atoms with Crippen LogP contribution in [0, 0.1) is 0 Å². The number of benzene rings is 2. The van der Waals surface area contributed by atoms with Crippen molar-refractivity contribution >= 4 is 23.8 Å². The molecule has 1 fully saturated rings. The maximum absolute atomic E-state index is 13.2. The largest absolute Gasteiger partial charge is 0.587 e. The van der Waals surface area contributed by atoms with Crippen molar-refractivity contribution in [2.45, 2.75) is 55.9 Å². The Labute approximate surface area is 187 Å². The van der Waals surface area contributed by atoms with E-state index < -0.39 is 7.82 Å². The van der Waals surface area contributed by atoms with E-state index in [1.807, 2.05) is 36.4 Å². The van der Waals surface area contributed by atoms with E-state index in [0.717, 1.165) is 12.8 Å². The molecule has 0 saturated heterocycles. The number of ether oxygens (including phenoxy) is 1. The van der Waals surface area contributed by atoms with Crippen LogP contribution in [0.4, 0.5) is 0 Å². The second-order valence-electron chi connectivity index (χ2n) is 7.36. The van der Waals surface area contributed by atoms with Crippen LogP contribution in [0.3, 0.4) is 0 Å². The molecule has 0 spiro atoms. The van der Waals surface area contributed by atoms with Crippen LogP contribution in [0.5, 0.6) is 11.5 Å². The second kappa shape index (κ2) is 12.5. The van der Waals surface area contributed by atoms with Crippen LogP contribution < -0.4 is 9.05 Å². The van der Waals surface area contributed by atoms with Gasteiger partial charge in [0.05, 0.1) is 12.7 Å². The van der Waals surface area contributed by atoms with Crippen molar-refractivity contribution in [2.24, 2.45) is 0 Å². The van der Waals surface area contributed by atoms with Crippen molar-refractivity contribution in [1.82, 2.24) is 0 Å². The maximum atomic E-state index is 13.2. The first kappa shape index (κ1) is 23.3. The molecule has 0 N–H and O–H groups in total. The molecule has 7 heteroatoms. The van der Waals surface area contributed by atoms with Crippen LogP contribution >= 0.6 is 23.8 Å². The number of phosphoric acid groups is 1. The molecule has 1 aliphatic carbocycles. The van der Waals surface area contributed by atoms with E-state index in [1.165, 1.54) is 25.7 Å². The second-order valence-corrected chi connectivity index (χ2v) is 10.1. The van der Waals surface area contributed by atoms with Crippen molar-refractivity contribution in [2.75, 3.05) is 13.2 Å². The molecule has 2 aromatic rings. The van der Waals surface area contributed by atoms with Gasteiger partial charge < -0.3 is 13.8 Å². The van der Waals surface area contributed by atoms with Gasteiger partial charge in [0.1, 0.15) is 11.5 Å². The van der Waals surface area contributed by atoms with E-state index in [9.17, 15) is 4.57 Å². The predicted octanol–water partition coefficient (Wildman–Crippen LogP) is 7.16. The molecule has 2 unspecified atom stereocenters. The Morgan fingerprint density at radius 3 is 2.00 bits per heavy atom.